The molecule has 1 aliphatic carbocycles. The van der Waals surface area contributed by atoms with Crippen molar-refractivity contribution in [3.05, 3.63) is 0 Å². The maximum absolute atomic E-state index is 11.7. The van der Waals surface area contributed by atoms with Crippen molar-refractivity contribution in [1.82, 2.24) is 15.5 Å². The van der Waals surface area contributed by atoms with Crippen LogP contribution in [-0.2, 0) is 4.74 Å². The Hall–Kier alpha value is -0.810. The van der Waals surface area contributed by atoms with E-state index in [0.29, 0.717) is 12.1 Å². The van der Waals surface area contributed by atoms with E-state index in [9.17, 15) is 4.79 Å². The molecule has 1 saturated carbocycles. The predicted octanol–water partition coefficient (Wildman–Crippen LogP) is 2.51. The third-order valence-corrected chi connectivity index (χ3v) is 4.36. The van der Waals surface area contributed by atoms with Gasteiger partial charge >= 0.3 is 6.09 Å². The lowest BCUT2D eigenvalue weighted by Crippen LogP contribution is -2.56. The Bertz CT molecular complexity index is 355. The van der Waals surface area contributed by atoms with Gasteiger partial charge in [0.25, 0.3) is 0 Å². The summed E-state index contributed by atoms with van der Waals surface area (Å²) in [7, 11) is 0. The molecule has 128 valence electrons. The molecule has 1 saturated heterocycles. The molecule has 2 aliphatic rings. The van der Waals surface area contributed by atoms with Gasteiger partial charge < -0.3 is 20.3 Å². The summed E-state index contributed by atoms with van der Waals surface area (Å²) in [4.78, 5) is 14.3. The minimum absolute atomic E-state index is 0.259. The third kappa shape index (κ3) is 6.13. The first-order valence-electron chi connectivity index (χ1n) is 8.80. The Labute approximate surface area is 135 Å². The zero-order chi connectivity index (χ0) is 16.2. The van der Waals surface area contributed by atoms with Crippen molar-refractivity contribution in [2.45, 2.75) is 83.5 Å². The highest BCUT2D eigenvalue weighted by Crippen LogP contribution is 2.21. The number of nitrogens with zero attached hydrogens (tertiary/aromatic N) is 1. The van der Waals surface area contributed by atoms with Crippen LogP contribution in [-0.4, -0.2) is 54.4 Å². The van der Waals surface area contributed by atoms with Crippen LogP contribution in [0.2, 0.25) is 0 Å². The van der Waals surface area contributed by atoms with Gasteiger partial charge in [0.05, 0.1) is 0 Å². The summed E-state index contributed by atoms with van der Waals surface area (Å²) in [6, 6.07) is 1.31. The quantitative estimate of drug-likeness (QED) is 0.819. The van der Waals surface area contributed by atoms with Crippen molar-refractivity contribution < 1.29 is 9.53 Å². The Morgan fingerprint density at radius 3 is 2.41 bits per heavy atom. The third-order valence-electron chi connectivity index (χ3n) is 4.36. The molecule has 1 unspecified atom stereocenters. The van der Waals surface area contributed by atoms with Gasteiger partial charge in [0.1, 0.15) is 5.60 Å². The standard InChI is InChI=1S/C17H33N3O2/c1-13(12-20-8-6-5-7-9-20)18-14-10-15(11-14)19-16(21)22-17(2,3)4/h13-15,18H,5-12H2,1-4H3,(H,19,21). The number of amides is 1. The summed E-state index contributed by atoms with van der Waals surface area (Å²) in [5.41, 5.74) is -0.422. The highest BCUT2D eigenvalue weighted by molar-refractivity contribution is 5.68. The summed E-state index contributed by atoms with van der Waals surface area (Å²) >= 11 is 0. The molecule has 0 radical (unpaired) electrons. The Morgan fingerprint density at radius 2 is 1.82 bits per heavy atom. The molecular formula is C17H33N3O2. The van der Waals surface area contributed by atoms with Crippen LogP contribution >= 0.6 is 0 Å². The van der Waals surface area contributed by atoms with Crippen LogP contribution in [0.5, 0.6) is 0 Å². The van der Waals surface area contributed by atoms with Gasteiger partial charge in [-0.2, -0.15) is 0 Å². The molecular weight excluding hydrogens is 278 g/mol. The van der Waals surface area contributed by atoms with Crippen LogP contribution in [0.4, 0.5) is 4.79 Å². The van der Waals surface area contributed by atoms with Gasteiger partial charge in [0.2, 0.25) is 0 Å². The van der Waals surface area contributed by atoms with Crippen LogP contribution < -0.4 is 10.6 Å². The lowest BCUT2D eigenvalue weighted by atomic mass is 9.86. The topological polar surface area (TPSA) is 53.6 Å². The van der Waals surface area contributed by atoms with E-state index in [2.05, 4.69) is 22.5 Å². The molecule has 0 aromatic carbocycles. The van der Waals surface area contributed by atoms with Crippen LogP contribution in [0, 0.1) is 0 Å². The van der Waals surface area contributed by atoms with Crippen molar-refractivity contribution in [2.75, 3.05) is 19.6 Å². The van der Waals surface area contributed by atoms with Crippen LogP contribution in [0.3, 0.4) is 0 Å². The van der Waals surface area contributed by atoms with Crippen LogP contribution in [0.1, 0.15) is 59.8 Å². The van der Waals surface area contributed by atoms with Gasteiger partial charge in [-0.3, -0.25) is 0 Å². The molecule has 2 fully saturated rings. The fourth-order valence-corrected chi connectivity index (χ4v) is 3.33. The molecule has 1 heterocycles. The number of hydrogen-bond acceptors (Lipinski definition) is 4. The van der Waals surface area contributed by atoms with Gasteiger partial charge in [-0.15, -0.1) is 0 Å². The monoisotopic (exact) mass is 311 g/mol. The number of likely N-dealkylation sites (tertiary alicyclic amines) is 1. The number of nitrogens with one attached hydrogen (secondary N) is 2. The summed E-state index contributed by atoms with van der Waals surface area (Å²) in [5, 5.41) is 6.63. The van der Waals surface area contributed by atoms with E-state index in [4.69, 9.17) is 4.74 Å². The van der Waals surface area contributed by atoms with Crippen LogP contribution in [0.25, 0.3) is 0 Å². The molecule has 2 rings (SSSR count). The van der Waals surface area contributed by atoms with Gasteiger partial charge in [0, 0.05) is 24.7 Å². The molecule has 2 N–H and O–H groups in total. The van der Waals surface area contributed by atoms with Gasteiger partial charge in [-0.1, -0.05) is 6.42 Å². The predicted molar refractivity (Wildman–Crippen MR) is 89.1 cm³/mol. The summed E-state index contributed by atoms with van der Waals surface area (Å²) in [6.45, 7) is 11.6. The van der Waals surface area contributed by atoms with Crippen molar-refractivity contribution in [3.8, 4) is 0 Å². The van der Waals surface area contributed by atoms with Crippen LogP contribution in [0.15, 0.2) is 0 Å². The number of carbonyl (C=O) groups is 1. The SMILES string of the molecule is CC(CN1CCCCC1)NC1CC(NC(=O)OC(C)(C)C)C1. The molecule has 5 nitrogen and oxygen atoms in total. The molecule has 0 bridgehead atoms. The molecule has 0 aromatic rings. The Balaban J connectivity index is 1.57. The lowest BCUT2D eigenvalue weighted by molar-refractivity contribution is 0.0462. The zero-order valence-corrected chi connectivity index (χ0v) is 14.7. The zero-order valence-electron chi connectivity index (χ0n) is 14.7. The second-order valence-corrected chi connectivity index (χ2v) is 7.94. The molecule has 1 aliphatic heterocycles. The minimum Gasteiger partial charge on any atom is -0.444 e. The first-order chi connectivity index (χ1) is 10.3. The summed E-state index contributed by atoms with van der Waals surface area (Å²) in [5.74, 6) is 0. The second kappa shape index (κ2) is 7.64. The number of carbonyl (C=O) groups excluding carboxylic acids is 1. The average Bonchev–Trinajstić information content (AvgIpc) is 2.35. The maximum Gasteiger partial charge on any atom is 0.407 e. The fourth-order valence-electron chi connectivity index (χ4n) is 3.33. The van der Waals surface area contributed by atoms with E-state index in [-0.39, 0.29) is 12.1 Å². The smallest absolute Gasteiger partial charge is 0.407 e. The minimum atomic E-state index is -0.422. The molecule has 22 heavy (non-hydrogen) atoms. The van der Waals surface area contributed by atoms with E-state index in [1.54, 1.807) is 0 Å². The number of rotatable bonds is 5. The van der Waals surface area contributed by atoms with Crippen molar-refractivity contribution in [2.24, 2.45) is 0 Å². The van der Waals surface area contributed by atoms with E-state index < -0.39 is 5.60 Å². The van der Waals surface area contributed by atoms with E-state index in [1.807, 2.05) is 20.8 Å². The average molecular weight is 311 g/mol. The molecule has 1 atom stereocenters. The molecule has 0 aromatic heterocycles. The Kier molecular flexibility index (Phi) is 6.09. The summed E-state index contributed by atoms with van der Waals surface area (Å²) < 4.78 is 5.28. The van der Waals surface area contributed by atoms with Crippen molar-refractivity contribution >= 4 is 6.09 Å². The second-order valence-electron chi connectivity index (χ2n) is 7.94. The maximum atomic E-state index is 11.7. The van der Waals surface area contributed by atoms with E-state index >= 15 is 0 Å². The highest BCUT2D eigenvalue weighted by atomic mass is 16.6. The largest absolute Gasteiger partial charge is 0.444 e. The van der Waals surface area contributed by atoms with E-state index in [0.717, 1.165) is 19.4 Å². The van der Waals surface area contributed by atoms with Crippen molar-refractivity contribution in [1.29, 1.82) is 0 Å². The molecule has 0 spiro atoms. The van der Waals surface area contributed by atoms with Gasteiger partial charge in [-0.25, -0.2) is 4.79 Å². The number of ether oxygens (including phenoxy) is 1. The molecule has 5 heteroatoms. The molecule has 1 amide bonds. The van der Waals surface area contributed by atoms with Gasteiger partial charge in [0.15, 0.2) is 0 Å². The number of piperidine rings is 1. The number of alkyl carbamates (subject to hydrolysis) is 1. The first-order valence-corrected chi connectivity index (χ1v) is 8.80. The van der Waals surface area contributed by atoms with E-state index in [1.165, 1.54) is 32.4 Å². The fraction of sp³-hybridized carbons (Fsp3) is 0.941. The lowest BCUT2D eigenvalue weighted by Gasteiger charge is -2.39. The number of hydrogen-bond donors (Lipinski definition) is 2. The van der Waals surface area contributed by atoms with Crippen molar-refractivity contribution in [3.63, 3.8) is 0 Å². The normalized spacial score (nSPS) is 27.8. The highest BCUT2D eigenvalue weighted by Gasteiger charge is 2.32. The Morgan fingerprint density at radius 1 is 1.18 bits per heavy atom. The van der Waals surface area contributed by atoms with Gasteiger partial charge in [-0.05, 0) is 66.5 Å². The summed E-state index contributed by atoms with van der Waals surface area (Å²) in [6.07, 6.45) is 5.79. The first kappa shape index (κ1) is 17.5.